The van der Waals surface area contributed by atoms with E-state index in [1.807, 2.05) is 0 Å². The van der Waals surface area contributed by atoms with E-state index in [9.17, 15) is 23.1 Å². The Bertz CT molecular complexity index is 795. The number of hydrogen-bond donors (Lipinski definition) is 2. The molecule has 0 spiro atoms. The van der Waals surface area contributed by atoms with Gasteiger partial charge in [0.2, 0.25) is 0 Å². The summed E-state index contributed by atoms with van der Waals surface area (Å²) in [7, 11) is 0. The number of aromatic carboxylic acids is 1. The molecule has 0 atom stereocenters. The Morgan fingerprint density at radius 1 is 1.36 bits per heavy atom. The SMILES string of the molecule is CCn1ncc2c(NC3CCCCC3)c(C(=O)O)c(C(F)(F)F)nc21. The molecule has 1 fully saturated rings. The van der Waals surface area contributed by atoms with Crippen molar-refractivity contribution in [2.75, 3.05) is 5.32 Å². The van der Waals surface area contributed by atoms with E-state index < -0.39 is 23.4 Å². The number of carboxylic acids is 1. The van der Waals surface area contributed by atoms with Crippen molar-refractivity contribution in [1.29, 1.82) is 0 Å². The number of nitrogens with zero attached hydrogens (tertiary/aromatic N) is 3. The number of rotatable bonds is 4. The fourth-order valence-corrected chi connectivity index (χ4v) is 3.33. The van der Waals surface area contributed by atoms with Gasteiger partial charge in [-0.05, 0) is 19.8 Å². The lowest BCUT2D eigenvalue weighted by Crippen LogP contribution is -2.26. The lowest BCUT2D eigenvalue weighted by atomic mass is 9.94. The average Bonchev–Trinajstić information content (AvgIpc) is 2.97. The minimum absolute atomic E-state index is 0.0311. The topological polar surface area (TPSA) is 80.0 Å². The molecule has 0 aliphatic heterocycles. The maximum absolute atomic E-state index is 13.5. The van der Waals surface area contributed by atoms with Crippen LogP contribution in [0.25, 0.3) is 11.0 Å². The predicted octanol–water partition coefficient (Wildman–Crippen LogP) is 3.91. The number of carboxylic acid groups (broad SMARTS) is 1. The van der Waals surface area contributed by atoms with Crippen molar-refractivity contribution in [3.63, 3.8) is 0 Å². The number of halogens is 3. The molecule has 0 amide bonds. The Kier molecular flexibility index (Phi) is 4.57. The van der Waals surface area contributed by atoms with Crippen molar-refractivity contribution in [2.24, 2.45) is 0 Å². The molecule has 0 aromatic carbocycles. The van der Waals surface area contributed by atoms with Crippen molar-refractivity contribution < 1.29 is 23.1 Å². The van der Waals surface area contributed by atoms with Crippen molar-refractivity contribution in [3.05, 3.63) is 17.5 Å². The second kappa shape index (κ2) is 6.53. The van der Waals surface area contributed by atoms with E-state index in [-0.39, 0.29) is 17.4 Å². The molecule has 9 heteroatoms. The number of aromatic nitrogens is 3. The number of nitrogens with one attached hydrogen (secondary N) is 1. The van der Waals surface area contributed by atoms with E-state index in [0.29, 0.717) is 11.9 Å². The highest BCUT2D eigenvalue weighted by Gasteiger charge is 2.40. The first-order chi connectivity index (χ1) is 11.8. The zero-order valence-electron chi connectivity index (χ0n) is 13.7. The zero-order valence-corrected chi connectivity index (χ0v) is 13.7. The summed E-state index contributed by atoms with van der Waals surface area (Å²) in [5.74, 6) is -1.65. The van der Waals surface area contributed by atoms with Crippen LogP contribution in [-0.2, 0) is 12.7 Å². The van der Waals surface area contributed by atoms with Crippen LogP contribution in [0.5, 0.6) is 0 Å². The summed E-state index contributed by atoms with van der Waals surface area (Å²) in [4.78, 5) is 15.3. The maximum Gasteiger partial charge on any atom is 0.434 e. The van der Waals surface area contributed by atoms with Gasteiger partial charge >= 0.3 is 12.1 Å². The molecule has 2 heterocycles. The zero-order chi connectivity index (χ0) is 18.2. The van der Waals surface area contributed by atoms with Crippen LogP contribution in [-0.4, -0.2) is 31.9 Å². The van der Waals surface area contributed by atoms with Crippen molar-refractivity contribution in [2.45, 2.75) is 57.8 Å². The molecule has 1 aliphatic rings. The van der Waals surface area contributed by atoms with Gasteiger partial charge in [-0.3, -0.25) is 0 Å². The van der Waals surface area contributed by atoms with Gasteiger partial charge in [0.15, 0.2) is 11.3 Å². The molecule has 0 saturated heterocycles. The minimum Gasteiger partial charge on any atom is -0.478 e. The van der Waals surface area contributed by atoms with Crippen LogP contribution in [0.15, 0.2) is 6.20 Å². The van der Waals surface area contributed by atoms with Crippen molar-refractivity contribution in [3.8, 4) is 0 Å². The minimum atomic E-state index is -4.87. The second-order valence-electron chi connectivity index (χ2n) is 6.19. The summed E-state index contributed by atoms with van der Waals surface area (Å²) in [6.07, 6.45) is 1.12. The molecule has 2 aromatic heterocycles. The van der Waals surface area contributed by atoms with Crippen LogP contribution in [0.3, 0.4) is 0 Å². The Labute approximate surface area is 142 Å². The molecule has 6 nitrogen and oxygen atoms in total. The van der Waals surface area contributed by atoms with Crippen molar-refractivity contribution >= 4 is 22.7 Å². The van der Waals surface area contributed by atoms with E-state index >= 15 is 0 Å². The van der Waals surface area contributed by atoms with Gasteiger partial charge in [0.05, 0.1) is 17.3 Å². The number of pyridine rings is 1. The van der Waals surface area contributed by atoms with Crippen LogP contribution < -0.4 is 5.32 Å². The molecular formula is C16H19F3N4O2. The summed E-state index contributed by atoms with van der Waals surface area (Å²) in [6, 6.07) is -0.0523. The normalized spacial score (nSPS) is 16.3. The predicted molar refractivity (Wildman–Crippen MR) is 85.7 cm³/mol. The van der Waals surface area contributed by atoms with Gasteiger partial charge < -0.3 is 10.4 Å². The van der Waals surface area contributed by atoms with E-state index in [0.717, 1.165) is 32.1 Å². The van der Waals surface area contributed by atoms with E-state index in [1.54, 1.807) is 6.92 Å². The number of alkyl halides is 3. The van der Waals surface area contributed by atoms with Gasteiger partial charge in [-0.2, -0.15) is 18.3 Å². The van der Waals surface area contributed by atoms with Crippen LogP contribution >= 0.6 is 0 Å². The summed E-state index contributed by atoms with van der Waals surface area (Å²) in [5.41, 5.74) is -2.21. The molecule has 3 rings (SSSR count). The summed E-state index contributed by atoms with van der Waals surface area (Å²) >= 11 is 0. The quantitative estimate of drug-likeness (QED) is 0.868. The molecule has 25 heavy (non-hydrogen) atoms. The highest BCUT2D eigenvalue weighted by molar-refractivity contribution is 6.04. The van der Waals surface area contributed by atoms with Crippen LogP contribution in [0.2, 0.25) is 0 Å². The molecule has 1 aliphatic carbocycles. The van der Waals surface area contributed by atoms with Crippen LogP contribution in [0.4, 0.5) is 18.9 Å². The summed E-state index contributed by atoms with van der Waals surface area (Å²) in [5, 5.41) is 16.9. The number of aryl methyl sites for hydroxylation is 1. The fraction of sp³-hybridized carbons (Fsp3) is 0.562. The first kappa shape index (κ1) is 17.5. The van der Waals surface area contributed by atoms with E-state index in [1.165, 1.54) is 10.9 Å². The first-order valence-electron chi connectivity index (χ1n) is 8.29. The lowest BCUT2D eigenvalue weighted by molar-refractivity contribution is -0.141. The number of hydrogen-bond acceptors (Lipinski definition) is 4. The van der Waals surface area contributed by atoms with E-state index in [4.69, 9.17) is 0 Å². The molecule has 2 aromatic rings. The fourth-order valence-electron chi connectivity index (χ4n) is 3.33. The molecule has 0 radical (unpaired) electrons. The molecular weight excluding hydrogens is 337 g/mol. The van der Waals surface area contributed by atoms with Gasteiger partial charge in [0.1, 0.15) is 5.56 Å². The maximum atomic E-state index is 13.5. The van der Waals surface area contributed by atoms with Crippen LogP contribution in [0.1, 0.15) is 55.1 Å². The molecule has 136 valence electrons. The Balaban J connectivity index is 2.24. The van der Waals surface area contributed by atoms with Gasteiger partial charge in [-0.25, -0.2) is 14.5 Å². The standard InChI is InChI=1S/C16H19F3N4O2/c1-2-23-14-10(8-20-23)12(21-9-6-4-3-5-7-9)11(15(24)25)13(22-14)16(17,18)19/h8-9H,2-7H2,1H3,(H,21,22)(H,24,25). The van der Waals surface area contributed by atoms with Crippen molar-refractivity contribution in [1.82, 2.24) is 14.8 Å². The number of anilines is 1. The third-order valence-corrected chi connectivity index (χ3v) is 4.52. The Morgan fingerprint density at radius 3 is 2.60 bits per heavy atom. The average molecular weight is 356 g/mol. The monoisotopic (exact) mass is 356 g/mol. The first-order valence-corrected chi connectivity index (χ1v) is 8.29. The molecule has 2 N–H and O–H groups in total. The van der Waals surface area contributed by atoms with Gasteiger partial charge in [-0.15, -0.1) is 0 Å². The lowest BCUT2D eigenvalue weighted by Gasteiger charge is -2.25. The molecule has 0 bridgehead atoms. The Morgan fingerprint density at radius 2 is 2.04 bits per heavy atom. The third kappa shape index (κ3) is 3.27. The van der Waals surface area contributed by atoms with Gasteiger partial charge in [-0.1, -0.05) is 19.3 Å². The Hall–Kier alpha value is -2.32. The van der Waals surface area contributed by atoms with E-state index in [2.05, 4.69) is 15.4 Å². The highest BCUT2D eigenvalue weighted by atomic mass is 19.4. The smallest absolute Gasteiger partial charge is 0.434 e. The second-order valence-corrected chi connectivity index (χ2v) is 6.19. The number of fused-ring (bicyclic) bond motifs is 1. The highest BCUT2D eigenvalue weighted by Crippen LogP contribution is 2.38. The van der Waals surface area contributed by atoms with Gasteiger partial charge in [0.25, 0.3) is 0 Å². The summed E-state index contributed by atoms with van der Waals surface area (Å²) in [6.45, 7) is 2.07. The largest absolute Gasteiger partial charge is 0.478 e. The van der Waals surface area contributed by atoms with Crippen LogP contribution in [0, 0.1) is 0 Å². The van der Waals surface area contributed by atoms with Gasteiger partial charge in [0, 0.05) is 12.6 Å². The molecule has 1 saturated carbocycles. The summed E-state index contributed by atoms with van der Waals surface area (Å²) < 4.78 is 41.7. The molecule has 0 unspecified atom stereocenters. The third-order valence-electron chi connectivity index (χ3n) is 4.52. The number of carbonyl (C=O) groups is 1.